The van der Waals surface area contributed by atoms with E-state index in [1.807, 2.05) is 27.6 Å². The normalized spacial score (nSPS) is 31.6. The summed E-state index contributed by atoms with van der Waals surface area (Å²) < 4.78 is 4.60. The molecular formula is C26H36N6OS. The number of aromatic nitrogens is 3. The van der Waals surface area contributed by atoms with Crippen LogP contribution in [0, 0.1) is 22.5 Å². The summed E-state index contributed by atoms with van der Waals surface area (Å²) in [5.74, 6) is 3.75. The zero-order valence-corrected chi connectivity index (χ0v) is 21.0. The van der Waals surface area contributed by atoms with E-state index >= 15 is 0 Å². The molecule has 5 fully saturated rings. The van der Waals surface area contributed by atoms with Gasteiger partial charge >= 0.3 is 0 Å². The third-order valence-electron chi connectivity index (χ3n) is 8.83. The van der Waals surface area contributed by atoms with Crippen molar-refractivity contribution in [2.24, 2.45) is 22.9 Å². The number of likely N-dealkylation sites (N-methyl/N-ethyl adjacent to an activating group) is 1. The fourth-order valence-electron chi connectivity index (χ4n) is 7.46. The first-order chi connectivity index (χ1) is 16.5. The van der Waals surface area contributed by atoms with Crippen molar-refractivity contribution in [3.63, 3.8) is 0 Å². The highest BCUT2D eigenvalue weighted by Gasteiger charge is 2.54. The van der Waals surface area contributed by atoms with Crippen LogP contribution in [-0.2, 0) is 12.1 Å². The average Bonchev–Trinajstić information content (AvgIpc) is 3.14. The molecule has 34 heavy (non-hydrogen) atoms. The molecule has 2 heterocycles. The number of phenols is 1. The van der Waals surface area contributed by atoms with Crippen LogP contribution in [0.2, 0.25) is 0 Å². The van der Waals surface area contributed by atoms with Crippen molar-refractivity contribution in [3.8, 4) is 5.75 Å². The largest absolute Gasteiger partial charge is 0.507 e. The van der Waals surface area contributed by atoms with Gasteiger partial charge in [-0.3, -0.25) is 4.90 Å². The van der Waals surface area contributed by atoms with Crippen LogP contribution in [0.15, 0.2) is 29.4 Å². The van der Waals surface area contributed by atoms with Crippen molar-refractivity contribution in [2.45, 2.75) is 57.5 Å². The third-order valence-corrected chi connectivity index (χ3v) is 9.21. The van der Waals surface area contributed by atoms with Crippen LogP contribution in [0.5, 0.6) is 5.75 Å². The van der Waals surface area contributed by atoms with Gasteiger partial charge in [0.05, 0.1) is 12.9 Å². The van der Waals surface area contributed by atoms with Crippen LogP contribution in [0.3, 0.4) is 0 Å². The predicted molar refractivity (Wildman–Crippen MR) is 136 cm³/mol. The highest BCUT2D eigenvalue weighted by Crippen LogP contribution is 2.60. The molecule has 7 rings (SSSR count). The van der Waals surface area contributed by atoms with Crippen LogP contribution in [0.4, 0.5) is 0 Å². The maximum Gasteiger partial charge on any atom is 0.220 e. The Balaban J connectivity index is 1.36. The zero-order valence-electron chi connectivity index (χ0n) is 20.1. The van der Waals surface area contributed by atoms with E-state index in [1.165, 1.54) is 38.5 Å². The SMILES string of the molecule is CCN1CCN(Cn2nc(C34CC5CC(CC(C5)C3)C4)n(/N=C/c3ccccc3O)c2=S)CC1. The van der Waals surface area contributed by atoms with Gasteiger partial charge in [0, 0.05) is 37.2 Å². The van der Waals surface area contributed by atoms with Gasteiger partial charge in [-0.1, -0.05) is 19.1 Å². The minimum Gasteiger partial charge on any atom is -0.507 e. The Morgan fingerprint density at radius 2 is 1.65 bits per heavy atom. The number of piperazine rings is 1. The van der Waals surface area contributed by atoms with Gasteiger partial charge in [-0.2, -0.15) is 14.9 Å². The molecule has 0 spiro atoms. The highest BCUT2D eigenvalue weighted by atomic mass is 32.1. The molecule has 8 heteroatoms. The fraction of sp³-hybridized carbons (Fsp3) is 0.654. The molecule has 5 aliphatic rings. The summed E-state index contributed by atoms with van der Waals surface area (Å²) in [6.45, 7) is 8.32. The Morgan fingerprint density at radius 1 is 1.03 bits per heavy atom. The fourth-order valence-corrected chi connectivity index (χ4v) is 7.70. The summed E-state index contributed by atoms with van der Waals surface area (Å²) in [7, 11) is 0. The molecule has 1 saturated heterocycles. The van der Waals surface area contributed by atoms with E-state index < -0.39 is 0 Å². The number of aromatic hydroxyl groups is 1. The zero-order chi connectivity index (χ0) is 23.3. The van der Waals surface area contributed by atoms with E-state index in [0.29, 0.717) is 10.3 Å². The summed E-state index contributed by atoms with van der Waals surface area (Å²) in [5, 5.41) is 20.3. The van der Waals surface area contributed by atoms with Crippen molar-refractivity contribution >= 4 is 18.4 Å². The topological polar surface area (TPSA) is 61.8 Å². The summed E-state index contributed by atoms with van der Waals surface area (Å²) >= 11 is 5.98. The second-order valence-corrected chi connectivity index (χ2v) is 11.5. The second-order valence-electron chi connectivity index (χ2n) is 11.1. The van der Waals surface area contributed by atoms with Crippen molar-refractivity contribution in [2.75, 3.05) is 32.7 Å². The third kappa shape index (κ3) is 4.03. The molecule has 1 aromatic heterocycles. The summed E-state index contributed by atoms with van der Waals surface area (Å²) in [5.41, 5.74) is 0.786. The lowest BCUT2D eigenvalue weighted by Crippen LogP contribution is -2.49. The minimum absolute atomic E-state index is 0.0878. The quantitative estimate of drug-likeness (QED) is 0.499. The first-order valence-corrected chi connectivity index (χ1v) is 13.4. The first-order valence-electron chi connectivity index (χ1n) is 13.0. The van der Waals surface area contributed by atoms with Gasteiger partial charge in [0.2, 0.25) is 4.77 Å². The van der Waals surface area contributed by atoms with Gasteiger partial charge in [-0.05, 0) is 87.2 Å². The van der Waals surface area contributed by atoms with Gasteiger partial charge < -0.3 is 10.0 Å². The molecule has 0 radical (unpaired) electrons. The van der Waals surface area contributed by atoms with Gasteiger partial charge in [0.25, 0.3) is 0 Å². The Hall–Kier alpha value is -2.03. The van der Waals surface area contributed by atoms with E-state index in [-0.39, 0.29) is 11.2 Å². The molecule has 1 aliphatic heterocycles. The van der Waals surface area contributed by atoms with Crippen molar-refractivity contribution in [1.82, 2.24) is 24.3 Å². The van der Waals surface area contributed by atoms with E-state index in [1.54, 1.807) is 12.3 Å². The van der Waals surface area contributed by atoms with Gasteiger partial charge in [0.1, 0.15) is 5.75 Å². The molecule has 7 nitrogen and oxygen atoms in total. The molecule has 0 unspecified atom stereocenters. The van der Waals surface area contributed by atoms with E-state index in [9.17, 15) is 5.11 Å². The van der Waals surface area contributed by atoms with Crippen LogP contribution in [0.25, 0.3) is 0 Å². The molecular weight excluding hydrogens is 444 g/mol. The first kappa shape index (κ1) is 22.4. The number of phenolic OH excluding ortho intramolecular Hbond substituents is 1. The van der Waals surface area contributed by atoms with Crippen molar-refractivity contribution in [1.29, 1.82) is 0 Å². The van der Waals surface area contributed by atoms with Gasteiger partial charge in [0.15, 0.2) is 5.82 Å². The molecule has 182 valence electrons. The van der Waals surface area contributed by atoms with E-state index in [4.69, 9.17) is 22.4 Å². The Morgan fingerprint density at radius 3 is 2.26 bits per heavy atom. The Kier molecular flexibility index (Phi) is 5.86. The monoisotopic (exact) mass is 480 g/mol. The molecule has 1 aromatic carbocycles. The highest BCUT2D eigenvalue weighted by molar-refractivity contribution is 7.71. The molecule has 4 saturated carbocycles. The summed E-state index contributed by atoms with van der Waals surface area (Å²) in [6, 6.07) is 7.32. The number of benzene rings is 1. The smallest absolute Gasteiger partial charge is 0.220 e. The molecule has 1 N–H and O–H groups in total. The Labute approximate surface area is 207 Å². The lowest BCUT2D eigenvalue weighted by Gasteiger charge is -2.55. The van der Waals surface area contributed by atoms with Gasteiger partial charge in [-0.25, -0.2) is 4.68 Å². The maximum atomic E-state index is 10.3. The van der Waals surface area contributed by atoms with Crippen LogP contribution < -0.4 is 0 Å². The number of hydrogen-bond donors (Lipinski definition) is 1. The van der Waals surface area contributed by atoms with Gasteiger partial charge in [-0.15, -0.1) is 0 Å². The average molecular weight is 481 g/mol. The molecule has 4 aliphatic carbocycles. The van der Waals surface area contributed by atoms with E-state index in [0.717, 1.165) is 63.0 Å². The molecule has 2 aromatic rings. The van der Waals surface area contributed by atoms with E-state index in [2.05, 4.69) is 16.7 Å². The van der Waals surface area contributed by atoms with Crippen LogP contribution in [0.1, 0.15) is 56.8 Å². The predicted octanol–water partition coefficient (Wildman–Crippen LogP) is 4.06. The molecule has 0 amide bonds. The number of hydrogen-bond acceptors (Lipinski definition) is 6. The van der Waals surface area contributed by atoms with Crippen LogP contribution >= 0.6 is 12.2 Å². The lowest BCUT2D eigenvalue weighted by atomic mass is 9.49. The maximum absolute atomic E-state index is 10.3. The number of nitrogens with zero attached hydrogens (tertiary/aromatic N) is 6. The minimum atomic E-state index is 0.0878. The number of para-hydroxylation sites is 1. The summed E-state index contributed by atoms with van der Waals surface area (Å²) in [4.78, 5) is 4.95. The lowest BCUT2D eigenvalue weighted by molar-refractivity contribution is -0.0112. The van der Waals surface area contributed by atoms with Crippen molar-refractivity contribution in [3.05, 3.63) is 40.4 Å². The number of rotatable bonds is 6. The van der Waals surface area contributed by atoms with Crippen LogP contribution in [-0.4, -0.2) is 68.3 Å². The summed E-state index contributed by atoms with van der Waals surface area (Å²) in [6.07, 6.45) is 9.56. The molecule has 4 bridgehead atoms. The molecule has 0 atom stereocenters. The standard InChI is InChI=1S/C26H36N6OS/c1-2-29-7-9-30(10-8-29)18-31-25(34)32(27-17-22-5-3-4-6-23(22)33)24(28-31)26-14-19-11-20(15-26)13-21(12-19)16-26/h3-6,17,19-21,33H,2,7-16,18H2,1H3/b27-17+. The second kappa shape index (κ2) is 8.88. The Bertz CT molecular complexity index is 1090. The van der Waals surface area contributed by atoms with Crippen molar-refractivity contribution < 1.29 is 5.11 Å².